The third-order valence-corrected chi connectivity index (χ3v) is 3.26. The Kier molecular flexibility index (Phi) is 3.74. The lowest BCUT2D eigenvalue weighted by Gasteiger charge is -2.33. The zero-order chi connectivity index (χ0) is 11.4. The van der Waals surface area contributed by atoms with Crippen molar-refractivity contribution in [3.63, 3.8) is 0 Å². The normalized spacial score (nSPS) is 17.8. The molecule has 0 atom stereocenters. The van der Waals surface area contributed by atoms with Crippen LogP contribution in [0.2, 0.25) is 0 Å². The number of nitrogens with zero attached hydrogens (tertiary/aromatic N) is 2. The van der Waals surface area contributed by atoms with E-state index in [0.29, 0.717) is 5.92 Å². The third-order valence-electron chi connectivity index (χ3n) is 3.26. The Morgan fingerprint density at radius 3 is 2.69 bits per heavy atom. The van der Waals surface area contributed by atoms with Gasteiger partial charge in [-0.15, -0.1) is 0 Å². The Labute approximate surface area is 95.5 Å². The van der Waals surface area contributed by atoms with Gasteiger partial charge in [0.15, 0.2) is 0 Å². The molecule has 1 aliphatic heterocycles. The molecule has 0 unspecified atom stereocenters. The summed E-state index contributed by atoms with van der Waals surface area (Å²) >= 11 is 0. The van der Waals surface area contributed by atoms with Crippen LogP contribution in [0.4, 0.5) is 5.69 Å². The van der Waals surface area contributed by atoms with Crippen molar-refractivity contribution < 1.29 is 10.2 Å². The van der Waals surface area contributed by atoms with Crippen molar-refractivity contribution in [2.75, 3.05) is 24.6 Å². The first-order valence-electron chi connectivity index (χ1n) is 5.74. The summed E-state index contributed by atoms with van der Waals surface area (Å²) in [6, 6.07) is 1.95. The molecule has 0 radical (unpaired) electrons. The first-order chi connectivity index (χ1) is 7.85. The SMILES string of the molecule is OCc1cnccc1N1CCC(CO)CC1. The van der Waals surface area contributed by atoms with E-state index in [-0.39, 0.29) is 13.2 Å². The first kappa shape index (κ1) is 11.4. The molecule has 1 aromatic rings. The molecule has 0 saturated carbocycles. The molecule has 4 heteroatoms. The summed E-state index contributed by atoms with van der Waals surface area (Å²) in [6.07, 6.45) is 5.51. The first-order valence-corrected chi connectivity index (χ1v) is 5.74. The molecular formula is C12H18N2O2. The van der Waals surface area contributed by atoms with Gasteiger partial charge in [-0.05, 0) is 24.8 Å². The average molecular weight is 222 g/mol. The Morgan fingerprint density at radius 1 is 1.31 bits per heavy atom. The van der Waals surface area contributed by atoms with Crippen LogP contribution in [0.5, 0.6) is 0 Å². The minimum absolute atomic E-state index is 0.0309. The molecule has 88 valence electrons. The number of piperidine rings is 1. The molecule has 2 rings (SSSR count). The van der Waals surface area contributed by atoms with Gasteiger partial charge >= 0.3 is 0 Å². The molecular weight excluding hydrogens is 204 g/mol. The lowest BCUT2D eigenvalue weighted by molar-refractivity contribution is 0.202. The fraction of sp³-hybridized carbons (Fsp3) is 0.583. The fourth-order valence-electron chi connectivity index (χ4n) is 2.21. The van der Waals surface area contributed by atoms with E-state index in [2.05, 4.69) is 9.88 Å². The largest absolute Gasteiger partial charge is 0.396 e. The van der Waals surface area contributed by atoms with Gasteiger partial charge in [0.1, 0.15) is 0 Å². The number of pyridine rings is 1. The van der Waals surface area contributed by atoms with Crippen molar-refractivity contribution in [2.24, 2.45) is 5.92 Å². The standard InChI is InChI=1S/C12H18N2O2/c15-8-10-2-5-14(6-3-10)12-1-4-13-7-11(12)9-16/h1,4,7,10,15-16H,2-3,5-6,8-9H2. The van der Waals surface area contributed by atoms with Crippen LogP contribution in [-0.4, -0.2) is 34.9 Å². The number of aliphatic hydroxyl groups excluding tert-OH is 2. The highest BCUT2D eigenvalue weighted by molar-refractivity contribution is 5.52. The van der Waals surface area contributed by atoms with Crippen molar-refractivity contribution in [3.8, 4) is 0 Å². The average Bonchev–Trinajstić information content (AvgIpc) is 2.39. The summed E-state index contributed by atoms with van der Waals surface area (Å²) in [5.41, 5.74) is 1.96. The number of rotatable bonds is 3. The van der Waals surface area contributed by atoms with E-state index >= 15 is 0 Å². The molecule has 1 saturated heterocycles. The van der Waals surface area contributed by atoms with Crippen LogP contribution in [-0.2, 0) is 6.61 Å². The molecule has 1 aliphatic rings. The molecule has 0 aliphatic carbocycles. The van der Waals surface area contributed by atoms with E-state index in [4.69, 9.17) is 5.11 Å². The molecule has 1 aromatic heterocycles. The summed E-state index contributed by atoms with van der Waals surface area (Å²) in [4.78, 5) is 6.28. The fourth-order valence-corrected chi connectivity index (χ4v) is 2.21. The highest BCUT2D eigenvalue weighted by Crippen LogP contribution is 2.25. The second-order valence-corrected chi connectivity index (χ2v) is 4.28. The van der Waals surface area contributed by atoms with Crippen molar-refractivity contribution in [1.82, 2.24) is 4.98 Å². The summed E-state index contributed by atoms with van der Waals surface area (Å²) < 4.78 is 0. The predicted octanol–water partition coefficient (Wildman–Crippen LogP) is 0.783. The van der Waals surface area contributed by atoms with Gasteiger partial charge in [-0.25, -0.2) is 0 Å². The van der Waals surface area contributed by atoms with Crippen LogP contribution in [0.1, 0.15) is 18.4 Å². The molecule has 0 bridgehead atoms. The lowest BCUT2D eigenvalue weighted by atomic mass is 9.97. The molecule has 0 aromatic carbocycles. The lowest BCUT2D eigenvalue weighted by Crippen LogP contribution is -2.35. The Morgan fingerprint density at radius 2 is 2.06 bits per heavy atom. The van der Waals surface area contributed by atoms with Crippen LogP contribution >= 0.6 is 0 Å². The van der Waals surface area contributed by atoms with Gasteiger partial charge in [0.2, 0.25) is 0 Å². The van der Waals surface area contributed by atoms with E-state index in [0.717, 1.165) is 37.2 Å². The molecule has 1 fully saturated rings. The molecule has 16 heavy (non-hydrogen) atoms. The number of hydrogen-bond donors (Lipinski definition) is 2. The smallest absolute Gasteiger partial charge is 0.0717 e. The van der Waals surface area contributed by atoms with Gasteiger partial charge in [-0.1, -0.05) is 0 Å². The Hall–Kier alpha value is -1.13. The van der Waals surface area contributed by atoms with Crippen molar-refractivity contribution in [3.05, 3.63) is 24.0 Å². The summed E-state index contributed by atoms with van der Waals surface area (Å²) in [5, 5.41) is 18.3. The van der Waals surface area contributed by atoms with Crippen LogP contribution in [0, 0.1) is 5.92 Å². The summed E-state index contributed by atoms with van der Waals surface area (Å²) in [6.45, 7) is 2.21. The predicted molar refractivity (Wildman–Crippen MR) is 62.2 cm³/mol. The maximum atomic E-state index is 9.24. The maximum Gasteiger partial charge on any atom is 0.0717 e. The van der Waals surface area contributed by atoms with Gasteiger partial charge in [0.25, 0.3) is 0 Å². The molecule has 0 amide bonds. The van der Waals surface area contributed by atoms with E-state index in [1.165, 1.54) is 0 Å². The van der Waals surface area contributed by atoms with Crippen molar-refractivity contribution in [2.45, 2.75) is 19.4 Å². The topological polar surface area (TPSA) is 56.6 Å². The minimum atomic E-state index is 0.0309. The zero-order valence-corrected chi connectivity index (χ0v) is 9.34. The van der Waals surface area contributed by atoms with Crippen LogP contribution < -0.4 is 4.90 Å². The Bertz CT molecular complexity index is 336. The summed E-state index contributed by atoms with van der Waals surface area (Å²) in [7, 11) is 0. The van der Waals surface area contributed by atoms with E-state index < -0.39 is 0 Å². The van der Waals surface area contributed by atoms with Crippen molar-refractivity contribution >= 4 is 5.69 Å². The highest BCUT2D eigenvalue weighted by Gasteiger charge is 2.20. The highest BCUT2D eigenvalue weighted by atomic mass is 16.3. The van der Waals surface area contributed by atoms with Crippen LogP contribution in [0.3, 0.4) is 0 Å². The number of hydrogen-bond acceptors (Lipinski definition) is 4. The van der Waals surface area contributed by atoms with Gasteiger partial charge in [0.05, 0.1) is 6.61 Å². The van der Waals surface area contributed by atoms with Gasteiger partial charge < -0.3 is 15.1 Å². The second kappa shape index (κ2) is 5.27. The monoisotopic (exact) mass is 222 g/mol. The van der Waals surface area contributed by atoms with Gasteiger partial charge in [-0.2, -0.15) is 0 Å². The van der Waals surface area contributed by atoms with Crippen LogP contribution in [0.15, 0.2) is 18.5 Å². The number of aromatic nitrogens is 1. The van der Waals surface area contributed by atoms with E-state index in [1.807, 2.05) is 6.07 Å². The molecule has 2 heterocycles. The maximum absolute atomic E-state index is 9.24. The van der Waals surface area contributed by atoms with Crippen molar-refractivity contribution in [1.29, 1.82) is 0 Å². The Balaban J connectivity index is 2.07. The van der Waals surface area contributed by atoms with E-state index in [9.17, 15) is 5.11 Å². The molecule has 0 spiro atoms. The molecule has 2 N–H and O–H groups in total. The molecule has 4 nitrogen and oxygen atoms in total. The number of anilines is 1. The second-order valence-electron chi connectivity index (χ2n) is 4.28. The minimum Gasteiger partial charge on any atom is -0.396 e. The quantitative estimate of drug-likeness (QED) is 0.793. The van der Waals surface area contributed by atoms with E-state index in [1.54, 1.807) is 12.4 Å². The zero-order valence-electron chi connectivity index (χ0n) is 9.34. The van der Waals surface area contributed by atoms with Crippen LogP contribution in [0.25, 0.3) is 0 Å². The third kappa shape index (κ3) is 2.33. The van der Waals surface area contributed by atoms with Gasteiger partial charge in [0, 0.05) is 43.3 Å². The number of aliphatic hydroxyl groups is 2. The summed E-state index contributed by atoms with van der Waals surface area (Å²) in [5.74, 6) is 0.440. The van der Waals surface area contributed by atoms with Gasteiger partial charge in [-0.3, -0.25) is 4.98 Å².